The SMILES string of the molecule is COC(=O)c1cc(NC2CCN(Cc3ccc(OC)c(OCC(C)C)c3)CC2)nc(Cl)n1. The number of nitrogens with one attached hydrogen (secondary N) is 1. The maximum Gasteiger partial charge on any atom is 0.356 e. The summed E-state index contributed by atoms with van der Waals surface area (Å²) in [7, 11) is 2.97. The molecule has 0 amide bonds. The molecule has 2 heterocycles. The third-order valence-electron chi connectivity index (χ3n) is 5.24. The van der Waals surface area contributed by atoms with Crippen molar-refractivity contribution in [3.05, 3.63) is 40.8 Å². The van der Waals surface area contributed by atoms with Crippen LogP contribution in [0.25, 0.3) is 0 Å². The smallest absolute Gasteiger partial charge is 0.356 e. The Bertz CT molecular complexity index is 917. The third-order valence-corrected chi connectivity index (χ3v) is 5.41. The van der Waals surface area contributed by atoms with E-state index in [9.17, 15) is 4.79 Å². The molecule has 0 unspecified atom stereocenters. The summed E-state index contributed by atoms with van der Waals surface area (Å²) < 4.78 is 16.1. The number of hydrogen-bond acceptors (Lipinski definition) is 8. The second kappa shape index (κ2) is 11.3. The predicted octanol–water partition coefficient (Wildman–Crippen LogP) is 4.04. The van der Waals surface area contributed by atoms with E-state index >= 15 is 0 Å². The highest BCUT2D eigenvalue weighted by atomic mass is 35.5. The molecule has 2 aromatic rings. The molecule has 32 heavy (non-hydrogen) atoms. The van der Waals surface area contributed by atoms with Crippen LogP contribution in [0.2, 0.25) is 5.28 Å². The van der Waals surface area contributed by atoms with E-state index in [1.54, 1.807) is 13.2 Å². The van der Waals surface area contributed by atoms with Crippen molar-refractivity contribution in [3.63, 3.8) is 0 Å². The number of methoxy groups -OCH3 is 2. The first-order chi connectivity index (χ1) is 15.4. The number of halogens is 1. The van der Waals surface area contributed by atoms with E-state index in [2.05, 4.69) is 46.2 Å². The van der Waals surface area contributed by atoms with Gasteiger partial charge in [-0.25, -0.2) is 14.8 Å². The van der Waals surface area contributed by atoms with E-state index in [0.29, 0.717) is 18.3 Å². The number of nitrogens with zero attached hydrogens (tertiary/aromatic N) is 3. The van der Waals surface area contributed by atoms with Gasteiger partial charge in [-0.15, -0.1) is 0 Å². The van der Waals surface area contributed by atoms with Crippen molar-refractivity contribution in [3.8, 4) is 11.5 Å². The fourth-order valence-electron chi connectivity index (χ4n) is 3.59. The molecule has 9 heteroatoms. The van der Waals surface area contributed by atoms with Crippen LogP contribution in [0, 0.1) is 5.92 Å². The lowest BCUT2D eigenvalue weighted by atomic mass is 10.0. The quantitative estimate of drug-likeness (QED) is 0.441. The molecule has 1 aliphatic heterocycles. The van der Waals surface area contributed by atoms with Gasteiger partial charge in [-0.3, -0.25) is 4.90 Å². The molecule has 1 fully saturated rings. The van der Waals surface area contributed by atoms with Gasteiger partial charge in [0.25, 0.3) is 0 Å². The van der Waals surface area contributed by atoms with E-state index in [4.69, 9.17) is 25.8 Å². The van der Waals surface area contributed by atoms with Crippen molar-refractivity contribution < 1.29 is 19.0 Å². The average Bonchev–Trinajstić information content (AvgIpc) is 2.78. The van der Waals surface area contributed by atoms with Crippen LogP contribution in [0.5, 0.6) is 11.5 Å². The Labute approximate surface area is 194 Å². The normalized spacial score (nSPS) is 14.9. The number of benzene rings is 1. The highest BCUT2D eigenvalue weighted by Gasteiger charge is 2.21. The molecule has 1 N–H and O–H groups in total. The molecule has 1 aliphatic rings. The summed E-state index contributed by atoms with van der Waals surface area (Å²) in [6.45, 7) is 7.63. The molecule has 0 bridgehead atoms. The largest absolute Gasteiger partial charge is 0.493 e. The standard InChI is InChI=1S/C23H31ClN4O4/c1-15(2)14-32-20-11-16(5-6-19(20)30-3)13-28-9-7-17(8-10-28)25-21-12-18(22(29)31-4)26-23(24)27-21/h5-6,11-12,15,17H,7-10,13-14H2,1-4H3,(H,25,26,27). The molecule has 8 nitrogen and oxygen atoms in total. The topological polar surface area (TPSA) is 85.8 Å². The van der Waals surface area contributed by atoms with Crippen LogP contribution >= 0.6 is 11.6 Å². The van der Waals surface area contributed by atoms with Gasteiger partial charge < -0.3 is 19.5 Å². The zero-order chi connectivity index (χ0) is 23.1. The van der Waals surface area contributed by atoms with Gasteiger partial charge in [0.1, 0.15) is 5.82 Å². The number of rotatable bonds is 9. The second-order valence-electron chi connectivity index (χ2n) is 8.28. The van der Waals surface area contributed by atoms with Crippen molar-refractivity contribution >= 4 is 23.4 Å². The van der Waals surface area contributed by atoms with Crippen LogP contribution < -0.4 is 14.8 Å². The predicted molar refractivity (Wildman–Crippen MR) is 124 cm³/mol. The summed E-state index contributed by atoms with van der Waals surface area (Å²) in [4.78, 5) is 22.3. The van der Waals surface area contributed by atoms with E-state index in [1.165, 1.54) is 12.7 Å². The summed E-state index contributed by atoms with van der Waals surface area (Å²) in [6.07, 6.45) is 1.89. The van der Waals surface area contributed by atoms with Crippen LogP contribution in [0.4, 0.5) is 5.82 Å². The number of piperidine rings is 1. The first kappa shape index (κ1) is 24.1. The monoisotopic (exact) mass is 462 g/mol. The van der Waals surface area contributed by atoms with Gasteiger partial charge in [-0.2, -0.15) is 0 Å². The number of hydrogen-bond donors (Lipinski definition) is 1. The van der Waals surface area contributed by atoms with Crippen molar-refractivity contribution in [2.75, 3.05) is 39.2 Å². The Kier molecular flexibility index (Phi) is 8.53. The minimum Gasteiger partial charge on any atom is -0.493 e. The highest BCUT2D eigenvalue weighted by Crippen LogP contribution is 2.29. The number of carbonyl (C=O) groups excluding carboxylic acids is 1. The molecule has 0 aliphatic carbocycles. The fraction of sp³-hybridized carbons (Fsp3) is 0.522. The van der Waals surface area contributed by atoms with Crippen molar-refractivity contribution in [2.24, 2.45) is 5.92 Å². The van der Waals surface area contributed by atoms with E-state index in [-0.39, 0.29) is 17.0 Å². The molecule has 1 saturated heterocycles. The number of esters is 1. The van der Waals surface area contributed by atoms with Gasteiger partial charge in [-0.05, 0) is 48.1 Å². The van der Waals surface area contributed by atoms with Crippen LogP contribution in [0.3, 0.4) is 0 Å². The first-order valence-corrected chi connectivity index (χ1v) is 11.2. The second-order valence-corrected chi connectivity index (χ2v) is 8.62. The Morgan fingerprint density at radius 2 is 1.94 bits per heavy atom. The lowest BCUT2D eigenvalue weighted by Crippen LogP contribution is -2.38. The molecule has 3 rings (SSSR count). The number of carbonyl (C=O) groups is 1. The minimum atomic E-state index is -0.539. The Morgan fingerprint density at radius 3 is 2.59 bits per heavy atom. The van der Waals surface area contributed by atoms with E-state index in [1.807, 2.05) is 6.07 Å². The molecule has 1 aromatic heterocycles. The highest BCUT2D eigenvalue weighted by molar-refractivity contribution is 6.28. The van der Waals surface area contributed by atoms with Gasteiger partial charge in [0.2, 0.25) is 5.28 Å². The van der Waals surface area contributed by atoms with Crippen molar-refractivity contribution in [2.45, 2.75) is 39.3 Å². The maximum atomic E-state index is 11.7. The first-order valence-electron chi connectivity index (χ1n) is 10.8. The minimum absolute atomic E-state index is 0.0165. The van der Waals surface area contributed by atoms with E-state index in [0.717, 1.165) is 44.0 Å². The summed E-state index contributed by atoms with van der Waals surface area (Å²) in [5.41, 5.74) is 1.34. The zero-order valence-electron chi connectivity index (χ0n) is 19.1. The van der Waals surface area contributed by atoms with Crippen molar-refractivity contribution in [1.29, 1.82) is 0 Å². The molecular weight excluding hydrogens is 432 g/mol. The fourth-order valence-corrected chi connectivity index (χ4v) is 3.77. The number of anilines is 1. The average molecular weight is 463 g/mol. The number of aromatic nitrogens is 2. The molecule has 174 valence electrons. The van der Waals surface area contributed by atoms with Crippen LogP contribution in [0.1, 0.15) is 42.7 Å². The number of ether oxygens (including phenoxy) is 3. The lowest BCUT2D eigenvalue weighted by Gasteiger charge is -2.32. The van der Waals surface area contributed by atoms with Crippen molar-refractivity contribution in [1.82, 2.24) is 14.9 Å². The van der Waals surface area contributed by atoms with Gasteiger partial charge >= 0.3 is 5.97 Å². The summed E-state index contributed by atoms with van der Waals surface area (Å²) in [6, 6.07) is 7.94. The van der Waals surface area contributed by atoms with Crippen LogP contribution in [-0.2, 0) is 11.3 Å². The molecule has 0 spiro atoms. The molecule has 0 atom stereocenters. The summed E-state index contributed by atoms with van der Waals surface area (Å²) >= 11 is 5.96. The Morgan fingerprint density at radius 1 is 1.19 bits per heavy atom. The molecule has 0 radical (unpaired) electrons. The Hall–Kier alpha value is -2.58. The summed E-state index contributed by atoms with van der Waals surface area (Å²) in [5.74, 6) is 1.99. The molecule has 0 saturated carbocycles. The third kappa shape index (κ3) is 6.71. The van der Waals surface area contributed by atoms with Gasteiger partial charge in [0, 0.05) is 31.7 Å². The van der Waals surface area contributed by atoms with Gasteiger partial charge in [0.15, 0.2) is 17.2 Å². The zero-order valence-corrected chi connectivity index (χ0v) is 19.8. The maximum absolute atomic E-state index is 11.7. The lowest BCUT2D eigenvalue weighted by molar-refractivity contribution is 0.0594. The van der Waals surface area contributed by atoms with E-state index < -0.39 is 5.97 Å². The molecule has 1 aromatic carbocycles. The van der Waals surface area contributed by atoms with Crippen LogP contribution in [0.15, 0.2) is 24.3 Å². The van der Waals surface area contributed by atoms with Gasteiger partial charge in [-0.1, -0.05) is 19.9 Å². The number of likely N-dealkylation sites (tertiary alicyclic amines) is 1. The summed E-state index contributed by atoms with van der Waals surface area (Å²) in [5, 5.41) is 3.39. The van der Waals surface area contributed by atoms with Crippen LogP contribution in [-0.4, -0.2) is 60.8 Å². The Balaban J connectivity index is 1.56. The molecular formula is C23H31ClN4O4. The van der Waals surface area contributed by atoms with Gasteiger partial charge in [0.05, 0.1) is 20.8 Å².